The van der Waals surface area contributed by atoms with E-state index in [-0.39, 0.29) is 16.3 Å². The van der Waals surface area contributed by atoms with Gasteiger partial charge in [-0.25, -0.2) is 17.5 Å². The van der Waals surface area contributed by atoms with Crippen molar-refractivity contribution in [1.29, 1.82) is 0 Å². The van der Waals surface area contributed by atoms with E-state index < -0.39 is 21.7 Å². The maximum atomic E-state index is 13.3. The molecule has 2 N–H and O–H groups in total. The highest BCUT2D eigenvalue weighted by atomic mass is 32.2. The highest BCUT2D eigenvalue weighted by Crippen LogP contribution is 2.20. The Balaban J connectivity index is 1.48. The van der Waals surface area contributed by atoms with Crippen molar-refractivity contribution in [2.45, 2.75) is 18.7 Å². The van der Waals surface area contributed by atoms with E-state index in [9.17, 15) is 17.6 Å². The molecule has 0 radical (unpaired) electrons. The predicted molar refractivity (Wildman–Crippen MR) is 122 cm³/mol. The van der Waals surface area contributed by atoms with Crippen molar-refractivity contribution in [2.75, 3.05) is 10.0 Å². The van der Waals surface area contributed by atoms with Crippen LogP contribution in [-0.2, 0) is 10.0 Å². The summed E-state index contributed by atoms with van der Waals surface area (Å²) < 4.78 is 42.3. The molecule has 0 aliphatic heterocycles. The minimum absolute atomic E-state index is 0.0359. The van der Waals surface area contributed by atoms with Crippen molar-refractivity contribution in [3.63, 3.8) is 0 Å². The van der Waals surface area contributed by atoms with Gasteiger partial charge in [-0.3, -0.25) is 9.52 Å². The minimum atomic E-state index is -3.92. The number of carbonyl (C=O) groups is 1. The third kappa shape index (κ3) is 4.90. The first-order chi connectivity index (χ1) is 15.7. The van der Waals surface area contributed by atoms with Crippen molar-refractivity contribution in [1.82, 2.24) is 15.0 Å². The van der Waals surface area contributed by atoms with E-state index in [0.717, 1.165) is 17.3 Å². The molecule has 0 bridgehead atoms. The molecule has 0 atom stereocenters. The topological polar surface area (TPSA) is 106 Å². The Hall–Kier alpha value is -4.05. The van der Waals surface area contributed by atoms with Crippen LogP contribution >= 0.6 is 0 Å². The van der Waals surface area contributed by atoms with Crippen LogP contribution in [0.5, 0.6) is 0 Å². The van der Waals surface area contributed by atoms with Crippen LogP contribution in [0.4, 0.5) is 15.8 Å². The van der Waals surface area contributed by atoms with Crippen LogP contribution in [0, 0.1) is 19.7 Å². The largest absolute Gasteiger partial charge is 0.321 e. The Morgan fingerprint density at radius 3 is 2.30 bits per heavy atom. The lowest BCUT2D eigenvalue weighted by Gasteiger charge is -2.09. The van der Waals surface area contributed by atoms with Gasteiger partial charge in [0.15, 0.2) is 5.69 Å². The summed E-state index contributed by atoms with van der Waals surface area (Å²) in [5.74, 6) is -1.03. The second-order valence-electron chi connectivity index (χ2n) is 7.37. The summed E-state index contributed by atoms with van der Waals surface area (Å²) in [7, 11) is -3.92. The second kappa shape index (κ2) is 8.83. The molecule has 0 saturated heterocycles. The number of sulfonamides is 1. The molecule has 0 unspecified atom stereocenters. The van der Waals surface area contributed by atoms with E-state index in [2.05, 4.69) is 20.4 Å². The lowest BCUT2D eigenvalue weighted by molar-refractivity contribution is 0.102. The van der Waals surface area contributed by atoms with Gasteiger partial charge in [0.05, 0.1) is 22.0 Å². The normalized spacial score (nSPS) is 11.2. The summed E-state index contributed by atoms with van der Waals surface area (Å²) in [5, 5.41) is 10.7. The van der Waals surface area contributed by atoms with Crippen LogP contribution < -0.4 is 10.0 Å². The molecule has 0 saturated carbocycles. The van der Waals surface area contributed by atoms with E-state index in [4.69, 9.17) is 0 Å². The molecular weight excluding hydrogens is 445 g/mol. The number of hydrogen-bond donors (Lipinski definition) is 2. The molecule has 4 rings (SSSR count). The van der Waals surface area contributed by atoms with Crippen molar-refractivity contribution >= 4 is 27.3 Å². The van der Waals surface area contributed by atoms with Crippen LogP contribution in [0.15, 0.2) is 77.7 Å². The van der Waals surface area contributed by atoms with E-state index in [0.29, 0.717) is 11.4 Å². The smallest absolute Gasteiger partial charge is 0.278 e. The lowest BCUT2D eigenvalue weighted by atomic mass is 10.2. The molecule has 8 nitrogen and oxygen atoms in total. The molecule has 0 spiro atoms. The number of carbonyl (C=O) groups excluding carboxylic acids is 1. The zero-order valence-corrected chi connectivity index (χ0v) is 18.6. The van der Waals surface area contributed by atoms with Gasteiger partial charge in [0, 0.05) is 5.69 Å². The maximum Gasteiger partial charge on any atom is 0.278 e. The Morgan fingerprint density at radius 1 is 0.939 bits per heavy atom. The molecule has 0 aliphatic carbocycles. The molecule has 0 fully saturated rings. The summed E-state index contributed by atoms with van der Waals surface area (Å²) in [6.45, 7) is 3.72. The fraction of sp³-hybridized carbons (Fsp3) is 0.0870. The van der Waals surface area contributed by atoms with Gasteiger partial charge >= 0.3 is 0 Å². The average Bonchev–Trinajstić information content (AvgIpc) is 3.16. The Labute approximate surface area is 190 Å². The molecule has 4 aromatic rings. The highest BCUT2D eigenvalue weighted by Gasteiger charge is 2.19. The van der Waals surface area contributed by atoms with Gasteiger partial charge in [0.1, 0.15) is 5.82 Å². The summed E-state index contributed by atoms with van der Waals surface area (Å²) >= 11 is 0. The van der Waals surface area contributed by atoms with Crippen molar-refractivity contribution in [3.8, 4) is 5.69 Å². The summed E-state index contributed by atoms with van der Waals surface area (Å²) in [4.78, 5) is 12.7. The van der Waals surface area contributed by atoms with Gasteiger partial charge < -0.3 is 5.32 Å². The van der Waals surface area contributed by atoms with E-state index in [1.54, 1.807) is 11.6 Å². The van der Waals surface area contributed by atoms with Gasteiger partial charge in [-0.2, -0.15) is 0 Å². The maximum absolute atomic E-state index is 13.3. The Bertz CT molecular complexity index is 1420. The molecule has 168 valence electrons. The Kier molecular flexibility index (Phi) is 5.93. The van der Waals surface area contributed by atoms with Crippen molar-refractivity contribution in [2.24, 2.45) is 0 Å². The van der Waals surface area contributed by atoms with E-state index >= 15 is 0 Å². The van der Waals surface area contributed by atoms with E-state index in [1.165, 1.54) is 42.5 Å². The van der Waals surface area contributed by atoms with Crippen molar-refractivity contribution < 1.29 is 17.6 Å². The van der Waals surface area contributed by atoms with Gasteiger partial charge in [-0.05, 0) is 68.4 Å². The van der Waals surface area contributed by atoms with Crippen LogP contribution in [0.3, 0.4) is 0 Å². The number of hydrogen-bond acceptors (Lipinski definition) is 5. The Morgan fingerprint density at radius 2 is 1.64 bits per heavy atom. The molecule has 1 amide bonds. The number of halogens is 1. The summed E-state index contributed by atoms with van der Waals surface area (Å²) in [5.41, 5.74) is 3.10. The van der Waals surface area contributed by atoms with Gasteiger partial charge in [0.25, 0.3) is 15.9 Å². The standard InChI is InChI=1S/C23H20FN5O3S/c1-15-6-10-20(11-7-15)29-16(2)22(26-28-29)23(30)25-18-8-12-21(13-9-18)33(31,32)27-19-5-3-4-17(24)14-19/h3-14,27H,1-2H3,(H,25,30). The summed E-state index contributed by atoms with van der Waals surface area (Å²) in [6.07, 6.45) is 0. The first kappa shape index (κ1) is 22.2. The molecule has 0 aliphatic rings. The number of aryl methyl sites for hydroxylation is 1. The average molecular weight is 466 g/mol. The summed E-state index contributed by atoms with van der Waals surface area (Å²) in [6, 6.07) is 18.4. The molecule has 1 heterocycles. The minimum Gasteiger partial charge on any atom is -0.321 e. The van der Waals surface area contributed by atoms with Crippen LogP contribution in [0.2, 0.25) is 0 Å². The van der Waals surface area contributed by atoms with E-state index in [1.807, 2.05) is 31.2 Å². The zero-order chi connectivity index (χ0) is 23.6. The molecule has 3 aromatic carbocycles. The third-order valence-electron chi connectivity index (χ3n) is 4.89. The van der Waals surface area contributed by atoms with Gasteiger partial charge in [0.2, 0.25) is 0 Å². The monoisotopic (exact) mass is 465 g/mol. The van der Waals surface area contributed by atoms with Crippen LogP contribution in [-0.4, -0.2) is 29.3 Å². The highest BCUT2D eigenvalue weighted by molar-refractivity contribution is 7.92. The molecular formula is C23H20FN5O3S. The number of aromatic nitrogens is 3. The molecule has 33 heavy (non-hydrogen) atoms. The van der Waals surface area contributed by atoms with Gasteiger partial charge in [-0.1, -0.05) is 29.0 Å². The number of anilines is 2. The fourth-order valence-corrected chi connectivity index (χ4v) is 4.19. The first-order valence-electron chi connectivity index (χ1n) is 9.92. The number of nitrogens with zero attached hydrogens (tertiary/aromatic N) is 3. The number of nitrogens with one attached hydrogen (secondary N) is 2. The molecule has 10 heteroatoms. The van der Waals surface area contributed by atoms with Crippen molar-refractivity contribution in [3.05, 3.63) is 95.6 Å². The lowest BCUT2D eigenvalue weighted by Crippen LogP contribution is -2.15. The number of amides is 1. The molecule has 1 aromatic heterocycles. The quantitative estimate of drug-likeness (QED) is 0.446. The predicted octanol–water partition coefficient (Wildman–Crippen LogP) is 4.08. The zero-order valence-electron chi connectivity index (χ0n) is 17.8. The SMILES string of the molecule is Cc1ccc(-n2nnc(C(=O)Nc3ccc(S(=O)(=O)Nc4cccc(F)c4)cc3)c2C)cc1. The number of rotatable bonds is 6. The van der Waals surface area contributed by atoms with Crippen LogP contribution in [0.1, 0.15) is 21.7 Å². The second-order valence-corrected chi connectivity index (χ2v) is 9.05. The fourth-order valence-electron chi connectivity index (χ4n) is 3.14. The third-order valence-corrected chi connectivity index (χ3v) is 6.28. The van der Waals surface area contributed by atoms with Crippen LogP contribution in [0.25, 0.3) is 5.69 Å². The van der Waals surface area contributed by atoms with Gasteiger partial charge in [-0.15, -0.1) is 5.10 Å². The first-order valence-corrected chi connectivity index (χ1v) is 11.4. The number of benzene rings is 3.